The molecule has 3 saturated carbocycles. The third-order valence-corrected chi connectivity index (χ3v) is 11.6. The van der Waals surface area contributed by atoms with E-state index in [1.165, 1.54) is 38.5 Å². The van der Waals surface area contributed by atoms with Gasteiger partial charge < -0.3 is 10.2 Å². The van der Waals surface area contributed by atoms with E-state index >= 15 is 0 Å². The summed E-state index contributed by atoms with van der Waals surface area (Å²) < 4.78 is 0. The summed E-state index contributed by atoms with van der Waals surface area (Å²) in [4.78, 5) is 4.36. The van der Waals surface area contributed by atoms with E-state index < -0.39 is 11.7 Å². The molecule has 188 valence electrons. The molecule has 0 aliphatic heterocycles. The van der Waals surface area contributed by atoms with Crippen molar-refractivity contribution in [3.8, 4) is 0 Å². The van der Waals surface area contributed by atoms with E-state index in [2.05, 4.69) is 38.8 Å². The predicted octanol–water partition coefficient (Wildman–Crippen LogP) is 7.25. The minimum atomic E-state index is -0.463. The summed E-state index contributed by atoms with van der Waals surface area (Å²) in [5.41, 5.74) is 2.68. The smallest absolute Gasteiger partial charge is 0.0959 e. The topological polar surface area (TPSA) is 53.4 Å². The number of allylic oxidation sites excluding steroid dienone is 1. The Labute approximate surface area is 207 Å². The van der Waals surface area contributed by atoms with Gasteiger partial charge in [-0.25, -0.2) is 0 Å². The van der Waals surface area contributed by atoms with Gasteiger partial charge in [-0.15, -0.1) is 0 Å². The van der Waals surface area contributed by atoms with Crippen LogP contribution in [0.2, 0.25) is 0 Å². The molecule has 2 N–H and O–H groups in total. The van der Waals surface area contributed by atoms with E-state index in [9.17, 15) is 10.2 Å². The van der Waals surface area contributed by atoms with Crippen molar-refractivity contribution in [2.75, 3.05) is 0 Å². The van der Waals surface area contributed by atoms with E-state index in [1.54, 1.807) is 11.8 Å². The lowest BCUT2D eigenvalue weighted by Gasteiger charge is -2.59. The molecule has 0 amide bonds. The van der Waals surface area contributed by atoms with Crippen molar-refractivity contribution in [2.24, 2.45) is 40.4 Å². The van der Waals surface area contributed by atoms with E-state index in [0.29, 0.717) is 16.7 Å². The molecular weight excluding hydrogens is 418 g/mol. The zero-order chi connectivity index (χ0) is 24.1. The van der Waals surface area contributed by atoms with Crippen LogP contribution in [0.25, 0.3) is 0 Å². The minimum Gasteiger partial charge on any atom is -0.390 e. The molecular formula is C31H47NO2. The summed E-state index contributed by atoms with van der Waals surface area (Å²) in [6, 6.07) is 5.83. The lowest BCUT2D eigenvalue weighted by atomic mass is 9.46. The number of aliphatic hydroxyl groups is 2. The molecule has 0 radical (unpaired) electrons. The summed E-state index contributed by atoms with van der Waals surface area (Å²) in [5, 5.41) is 21.7. The first-order valence-electron chi connectivity index (χ1n) is 14.2. The average Bonchev–Trinajstić information content (AvgIpc) is 3.20. The summed E-state index contributed by atoms with van der Waals surface area (Å²) in [5.74, 6) is 3.86. The number of fused-ring (bicyclic) bond motifs is 5. The van der Waals surface area contributed by atoms with Gasteiger partial charge >= 0.3 is 0 Å². The first-order chi connectivity index (χ1) is 16.2. The van der Waals surface area contributed by atoms with Gasteiger partial charge in [0.05, 0.1) is 17.4 Å². The predicted molar refractivity (Wildman–Crippen MR) is 138 cm³/mol. The van der Waals surface area contributed by atoms with E-state index in [1.807, 2.05) is 18.2 Å². The van der Waals surface area contributed by atoms with Crippen LogP contribution in [0.1, 0.15) is 110 Å². The number of aliphatic hydroxyl groups excluding tert-OH is 1. The minimum absolute atomic E-state index is 0.308. The number of pyridine rings is 1. The Hall–Kier alpha value is -1.19. The van der Waals surface area contributed by atoms with Crippen molar-refractivity contribution >= 4 is 0 Å². The van der Waals surface area contributed by atoms with Gasteiger partial charge in [0.2, 0.25) is 0 Å². The maximum absolute atomic E-state index is 11.0. The Morgan fingerprint density at radius 3 is 2.62 bits per heavy atom. The lowest BCUT2D eigenvalue weighted by Crippen LogP contribution is -2.52. The van der Waals surface area contributed by atoms with E-state index in [-0.39, 0.29) is 0 Å². The number of aromatic nitrogens is 1. The number of rotatable bonds is 6. The van der Waals surface area contributed by atoms with Crippen molar-refractivity contribution in [1.82, 2.24) is 4.98 Å². The third kappa shape index (κ3) is 3.99. The molecule has 0 spiro atoms. The molecule has 1 unspecified atom stereocenters. The van der Waals surface area contributed by atoms with Gasteiger partial charge in [-0.2, -0.15) is 0 Å². The SMILES string of the molecule is CC[C@]1(O)CC[C@@]2(C)C(=CC[C@H]3C4CC[C@H]([C@H](C)CC[C@@H](O)c5ccccn5)[C@@]4(C)CC[C@@H]32)C1. The van der Waals surface area contributed by atoms with Gasteiger partial charge in [-0.05, 0) is 123 Å². The van der Waals surface area contributed by atoms with E-state index in [4.69, 9.17) is 0 Å². The second-order valence-corrected chi connectivity index (χ2v) is 13.1. The van der Waals surface area contributed by atoms with Gasteiger partial charge in [0, 0.05) is 6.20 Å². The average molecular weight is 466 g/mol. The zero-order valence-corrected chi connectivity index (χ0v) is 22.0. The highest BCUT2D eigenvalue weighted by Gasteiger charge is 2.59. The van der Waals surface area contributed by atoms with Crippen LogP contribution in [0.5, 0.6) is 0 Å². The molecule has 3 heteroatoms. The fraction of sp³-hybridized carbons (Fsp3) is 0.774. The van der Waals surface area contributed by atoms with Crippen molar-refractivity contribution in [2.45, 2.75) is 110 Å². The van der Waals surface area contributed by atoms with Crippen LogP contribution in [-0.4, -0.2) is 20.8 Å². The molecule has 3 fully saturated rings. The molecule has 1 aromatic rings. The molecule has 5 rings (SSSR count). The second kappa shape index (κ2) is 9.04. The van der Waals surface area contributed by atoms with Crippen LogP contribution < -0.4 is 0 Å². The highest BCUT2D eigenvalue weighted by atomic mass is 16.3. The molecule has 4 aliphatic carbocycles. The fourth-order valence-corrected chi connectivity index (χ4v) is 9.33. The zero-order valence-electron chi connectivity index (χ0n) is 22.0. The van der Waals surface area contributed by atoms with Crippen LogP contribution >= 0.6 is 0 Å². The molecule has 1 aromatic heterocycles. The summed E-state index contributed by atoms with van der Waals surface area (Å²) >= 11 is 0. The Morgan fingerprint density at radius 2 is 1.88 bits per heavy atom. The molecule has 1 heterocycles. The molecule has 0 bridgehead atoms. The van der Waals surface area contributed by atoms with Crippen LogP contribution in [0, 0.1) is 40.4 Å². The fourth-order valence-electron chi connectivity index (χ4n) is 9.33. The van der Waals surface area contributed by atoms with Crippen molar-refractivity contribution < 1.29 is 10.2 Å². The molecule has 4 aliphatic rings. The largest absolute Gasteiger partial charge is 0.390 e. The lowest BCUT2D eigenvalue weighted by molar-refractivity contribution is -0.0757. The maximum atomic E-state index is 11.0. The Morgan fingerprint density at radius 1 is 1.06 bits per heavy atom. The third-order valence-electron chi connectivity index (χ3n) is 11.6. The van der Waals surface area contributed by atoms with Crippen LogP contribution in [0.4, 0.5) is 0 Å². The first kappa shape index (κ1) is 24.5. The highest BCUT2D eigenvalue weighted by molar-refractivity contribution is 5.27. The summed E-state index contributed by atoms with van der Waals surface area (Å²) in [6.45, 7) is 9.76. The Kier molecular flexibility index (Phi) is 6.51. The number of hydrogen-bond donors (Lipinski definition) is 2. The van der Waals surface area contributed by atoms with Crippen LogP contribution in [0.3, 0.4) is 0 Å². The quantitative estimate of drug-likeness (QED) is 0.435. The summed E-state index contributed by atoms with van der Waals surface area (Å²) in [6.07, 6.45) is 16.4. The monoisotopic (exact) mass is 465 g/mol. The number of nitrogens with zero attached hydrogens (tertiary/aromatic N) is 1. The molecule has 9 atom stereocenters. The van der Waals surface area contributed by atoms with Crippen molar-refractivity contribution in [3.63, 3.8) is 0 Å². The van der Waals surface area contributed by atoms with Gasteiger partial charge in [-0.3, -0.25) is 4.98 Å². The maximum Gasteiger partial charge on any atom is 0.0959 e. The standard InChI is InChI=1S/C31H47NO2/c1-5-31(34)18-17-29(3)22(20-31)10-11-23-25-13-12-24(30(25,4)16-15-26(23)29)21(2)9-14-28(33)27-8-6-7-19-32-27/h6-8,10,19,21,23-26,28,33-34H,5,9,11-18,20H2,1-4H3/t21-,23+,24-,25?,26+,28-,29+,30-,31+/m1/s1. The van der Waals surface area contributed by atoms with Gasteiger partial charge in [0.25, 0.3) is 0 Å². The van der Waals surface area contributed by atoms with Crippen LogP contribution in [0.15, 0.2) is 36.0 Å². The van der Waals surface area contributed by atoms with Crippen molar-refractivity contribution in [3.05, 3.63) is 41.7 Å². The van der Waals surface area contributed by atoms with Gasteiger partial charge in [0.1, 0.15) is 0 Å². The Bertz CT molecular complexity index is 898. The normalized spacial score (nSPS) is 43.3. The second-order valence-electron chi connectivity index (χ2n) is 13.1. The molecule has 0 saturated heterocycles. The number of hydrogen-bond acceptors (Lipinski definition) is 3. The summed E-state index contributed by atoms with van der Waals surface area (Å²) in [7, 11) is 0. The van der Waals surface area contributed by atoms with E-state index in [0.717, 1.165) is 61.5 Å². The molecule has 0 aromatic carbocycles. The van der Waals surface area contributed by atoms with Crippen molar-refractivity contribution in [1.29, 1.82) is 0 Å². The Balaban J connectivity index is 1.28. The first-order valence-corrected chi connectivity index (χ1v) is 14.2. The van der Waals surface area contributed by atoms with Gasteiger partial charge in [0.15, 0.2) is 0 Å². The van der Waals surface area contributed by atoms with Gasteiger partial charge in [-0.1, -0.05) is 45.4 Å². The molecule has 3 nitrogen and oxygen atoms in total. The van der Waals surface area contributed by atoms with Crippen LogP contribution in [-0.2, 0) is 0 Å². The molecule has 34 heavy (non-hydrogen) atoms. The highest BCUT2D eigenvalue weighted by Crippen LogP contribution is 2.67.